The maximum atomic E-state index is 12.7. The van der Waals surface area contributed by atoms with Gasteiger partial charge in [0.15, 0.2) is 0 Å². The van der Waals surface area contributed by atoms with Crippen LogP contribution in [0.25, 0.3) is 0 Å². The molecular weight excluding hydrogens is 336 g/mol. The molecule has 0 radical (unpaired) electrons. The third kappa shape index (κ3) is 4.38. The molecule has 0 aromatic heterocycles. The van der Waals surface area contributed by atoms with Gasteiger partial charge in [0.2, 0.25) is 11.8 Å². The average molecular weight is 364 g/mol. The number of hydrogen-bond acceptors (Lipinski definition) is 2. The molecule has 4 heteroatoms. The highest BCUT2D eigenvalue weighted by molar-refractivity contribution is 6.03. The van der Waals surface area contributed by atoms with Crippen LogP contribution in [0.5, 0.6) is 0 Å². The molecule has 0 aliphatic carbocycles. The highest BCUT2D eigenvalue weighted by Gasteiger charge is 2.35. The van der Waals surface area contributed by atoms with E-state index in [-0.39, 0.29) is 24.2 Å². The summed E-state index contributed by atoms with van der Waals surface area (Å²) in [7, 11) is 0. The minimum atomic E-state index is -0.322. The minimum absolute atomic E-state index is 0.0127. The lowest BCUT2D eigenvalue weighted by Gasteiger charge is -2.20. The van der Waals surface area contributed by atoms with E-state index in [2.05, 4.69) is 24.4 Å². The van der Waals surface area contributed by atoms with Gasteiger partial charge in [-0.05, 0) is 61.6 Å². The van der Waals surface area contributed by atoms with Crippen LogP contribution >= 0.6 is 0 Å². The molecule has 1 fully saturated rings. The number of benzene rings is 2. The maximum absolute atomic E-state index is 12.7. The molecule has 0 spiro atoms. The molecule has 0 saturated carbocycles. The Morgan fingerprint density at radius 1 is 1.15 bits per heavy atom. The molecule has 0 bridgehead atoms. The van der Waals surface area contributed by atoms with Gasteiger partial charge in [0.05, 0.1) is 5.92 Å². The predicted octanol–water partition coefficient (Wildman–Crippen LogP) is 4.64. The lowest BCUT2D eigenvalue weighted by molar-refractivity contribution is -0.122. The first-order chi connectivity index (χ1) is 13.0. The van der Waals surface area contributed by atoms with Crippen LogP contribution in [0.3, 0.4) is 0 Å². The Morgan fingerprint density at radius 3 is 2.59 bits per heavy atom. The summed E-state index contributed by atoms with van der Waals surface area (Å²) in [4.78, 5) is 26.9. The third-order valence-electron chi connectivity index (χ3n) is 5.40. The number of aryl methyl sites for hydroxylation is 2. The van der Waals surface area contributed by atoms with Crippen LogP contribution < -0.4 is 10.2 Å². The van der Waals surface area contributed by atoms with E-state index < -0.39 is 0 Å². The molecule has 0 unspecified atom stereocenters. The summed E-state index contributed by atoms with van der Waals surface area (Å²) in [5, 5.41) is 2.97. The van der Waals surface area contributed by atoms with E-state index in [4.69, 9.17) is 0 Å². The summed E-state index contributed by atoms with van der Waals surface area (Å²) < 4.78 is 0. The van der Waals surface area contributed by atoms with Crippen LogP contribution in [0.2, 0.25) is 0 Å². The summed E-state index contributed by atoms with van der Waals surface area (Å²) in [6.45, 7) is 6.67. The van der Waals surface area contributed by atoms with E-state index in [0.717, 1.165) is 28.9 Å². The van der Waals surface area contributed by atoms with Crippen LogP contribution in [0.4, 0.5) is 11.4 Å². The summed E-state index contributed by atoms with van der Waals surface area (Å²) >= 11 is 0. The van der Waals surface area contributed by atoms with Crippen molar-refractivity contribution in [2.24, 2.45) is 5.92 Å². The standard InChI is InChI=1S/C23H28N2O2/c1-4-5-8-18-10-12-20(13-11-18)24-23(27)19-14-22(26)25(15-19)21-9-6-7-16(2)17(21)3/h6-7,9-13,19H,4-5,8,14-15H2,1-3H3,(H,24,27)/t19-/m1/s1. The van der Waals surface area contributed by atoms with Gasteiger partial charge in [-0.15, -0.1) is 0 Å². The van der Waals surface area contributed by atoms with Gasteiger partial charge >= 0.3 is 0 Å². The summed E-state index contributed by atoms with van der Waals surface area (Å²) in [6, 6.07) is 14.0. The molecule has 1 aliphatic rings. The number of rotatable bonds is 6. The molecule has 3 rings (SSSR count). The molecular formula is C23H28N2O2. The zero-order valence-electron chi connectivity index (χ0n) is 16.4. The summed E-state index contributed by atoms with van der Waals surface area (Å²) in [5.41, 5.74) is 5.23. The van der Waals surface area contributed by atoms with Crippen molar-refractivity contribution in [2.45, 2.75) is 46.5 Å². The zero-order valence-corrected chi connectivity index (χ0v) is 16.4. The number of anilines is 2. The maximum Gasteiger partial charge on any atom is 0.229 e. The second-order valence-electron chi connectivity index (χ2n) is 7.41. The van der Waals surface area contributed by atoms with E-state index >= 15 is 0 Å². The Balaban J connectivity index is 1.64. The molecule has 1 heterocycles. The van der Waals surface area contributed by atoms with Gasteiger partial charge in [-0.2, -0.15) is 0 Å². The minimum Gasteiger partial charge on any atom is -0.326 e. The number of hydrogen-bond donors (Lipinski definition) is 1. The molecule has 4 nitrogen and oxygen atoms in total. The Kier molecular flexibility index (Phi) is 5.94. The van der Waals surface area contributed by atoms with Crippen molar-refractivity contribution in [3.63, 3.8) is 0 Å². The zero-order chi connectivity index (χ0) is 19.4. The molecule has 27 heavy (non-hydrogen) atoms. The second kappa shape index (κ2) is 8.38. The first kappa shape index (κ1) is 19.2. The number of nitrogens with one attached hydrogen (secondary N) is 1. The van der Waals surface area contributed by atoms with E-state index in [1.165, 1.54) is 18.4 Å². The number of amides is 2. The van der Waals surface area contributed by atoms with Gasteiger partial charge in [0, 0.05) is 24.3 Å². The Bertz CT molecular complexity index is 827. The molecule has 2 aromatic carbocycles. The molecule has 1 atom stereocenters. The van der Waals surface area contributed by atoms with Gasteiger partial charge in [0.25, 0.3) is 0 Å². The van der Waals surface area contributed by atoms with Gasteiger partial charge in [-0.25, -0.2) is 0 Å². The van der Waals surface area contributed by atoms with Crippen LogP contribution in [0, 0.1) is 19.8 Å². The Labute approximate surface area is 161 Å². The fourth-order valence-corrected chi connectivity index (χ4v) is 3.52. The molecule has 1 N–H and O–H groups in total. The summed E-state index contributed by atoms with van der Waals surface area (Å²) in [6.07, 6.45) is 3.66. The molecule has 1 aliphatic heterocycles. The number of carbonyl (C=O) groups is 2. The van der Waals surface area contributed by atoms with Crippen molar-refractivity contribution >= 4 is 23.2 Å². The van der Waals surface area contributed by atoms with Crippen LogP contribution in [0.15, 0.2) is 42.5 Å². The van der Waals surface area contributed by atoms with E-state index in [0.29, 0.717) is 6.54 Å². The lowest BCUT2D eigenvalue weighted by atomic mass is 10.1. The van der Waals surface area contributed by atoms with E-state index in [1.807, 2.05) is 44.2 Å². The predicted molar refractivity (Wildman–Crippen MR) is 110 cm³/mol. The van der Waals surface area contributed by atoms with Crippen molar-refractivity contribution in [3.05, 3.63) is 59.2 Å². The Morgan fingerprint density at radius 2 is 1.89 bits per heavy atom. The van der Waals surface area contributed by atoms with Crippen molar-refractivity contribution < 1.29 is 9.59 Å². The topological polar surface area (TPSA) is 49.4 Å². The van der Waals surface area contributed by atoms with Crippen molar-refractivity contribution in [1.82, 2.24) is 0 Å². The van der Waals surface area contributed by atoms with Crippen molar-refractivity contribution in [1.29, 1.82) is 0 Å². The molecule has 2 aromatic rings. The third-order valence-corrected chi connectivity index (χ3v) is 5.40. The van der Waals surface area contributed by atoms with E-state index in [1.54, 1.807) is 4.90 Å². The summed E-state index contributed by atoms with van der Waals surface area (Å²) in [5.74, 6) is -0.395. The highest BCUT2D eigenvalue weighted by Crippen LogP contribution is 2.30. The van der Waals surface area contributed by atoms with Gasteiger partial charge in [-0.3, -0.25) is 9.59 Å². The monoisotopic (exact) mass is 364 g/mol. The number of carbonyl (C=O) groups excluding carboxylic acids is 2. The lowest BCUT2D eigenvalue weighted by Crippen LogP contribution is -2.28. The van der Waals surface area contributed by atoms with Crippen molar-refractivity contribution in [3.8, 4) is 0 Å². The largest absolute Gasteiger partial charge is 0.326 e. The first-order valence-electron chi connectivity index (χ1n) is 9.76. The van der Waals surface area contributed by atoms with E-state index in [9.17, 15) is 9.59 Å². The molecule has 2 amide bonds. The Hall–Kier alpha value is -2.62. The van der Waals surface area contributed by atoms with Crippen LogP contribution in [0.1, 0.15) is 42.9 Å². The fourth-order valence-electron chi connectivity index (χ4n) is 3.52. The SMILES string of the molecule is CCCCc1ccc(NC(=O)[C@@H]2CC(=O)N(c3cccc(C)c3C)C2)cc1. The van der Waals surface area contributed by atoms with Gasteiger partial charge in [-0.1, -0.05) is 37.6 Å². The first-order valence-corrected chi connectivity index (χ1v) is 9.76. The normalized spacial score (nSPS) is 16.6. The van der Waals surface area contributed by atoms with Gasteiger partial charge in [0.1, 0.15) is 0 Å². The highest BCUT2D eigenvalue weighted by atomic mass is 16.2. The van der Waals surface area contributed by atoms with Crippen LogP contribution in [-0.2, 0) is 16.0 Å². The molecule has 1 saturated heterocycles. The quantitative estimate of drug-likeness (QED) is 0.812. The number of nitrogens with zero attached hydrogens (tertiary/aromatic N) is 1. The fraction of sp³-hybridized carbons (Fsp3) is 0.391. The van der Waals surface area contributed by atoms with Crippen molar-refractivity contribution in [2.75, 3.05) is 16.8 Å². The molecule has 142 valence electrons. The number of unbranched alkanes of at least 4 members (excludes halogenated alkanes) is 1. The smallest absolute Gasteiger partial charge is 0.229 e. The second-order valence-corrected chi connectivity index (χ2v) is 7.41. The average Bonchev–Trinajstić information content (AvgIpc) is 3.05. The van der Waals surface area contributed by atoms with Gasteiger partial charge < -0.3 is 10.2 Å². The van der Waals surface area contributed by atoms with Crippen LogP contribution in [-0.4, -0.2) is 18.4 Å².